The molecule has 17 heavy (non-hydrogen) atoms. The second kappa shape index (κ2) is 4.86. The predicted octanol–water partition coefficient (Wildman–Crippen LogP) is 4.37. The first-order valence-electron chi connectivity index (χ1n) is 4.94. The topological polar surface area (TPSA) is 29.5 Å². The van der Waals surface area contributed by atoms with E-state index < -0.39 is 0 Å². The molecular weight excluding hydrogens is 259 g/mol. The highest BCUT2D eigenvalue weighted by Gasteiger charge is 2.08. The zero-order valence-electron chi connectivity index (χ0n) is 9.08. The number of benzene rings is 2. The van der Waals surface area contributed by atoms with E-state index in [0.29, 0.717) is 21.4 Å². The van der Waals surface area contributed by atoms with Crippen LogP contribution in [0, 0.1) is 0 Å². The molecule has 0 saturated carbocycles. The molecule has 0 aliphatic rings. The van der Waals surface area contributed by atoms with Crippen molar-refractivity contribution in [2.75, 3.05) is 7.11 Å². The summed E-state index contributed by atoms with van der Waals surface area (Å²) in [7, 11) is 1.57. The van der Waals surface area contributed by atoms with Gasteiger partial charge >= 0.3 is 0 Å². The Morgan fingerprint density at radius 3 is 2.41 bits per heavy atom. The maximum absolute atomic E-state index is 9.81. The molecule has 2 aromatic rings. The number of phenolic OH excluding ortho intramolecular Hbond substituents is 1. The highest BCUT2D eigenvalue weighted by molar-refractivity contribution is 6.42. The van der Waals surface area contributed by atoms with Crippen molar-refractivity contribution in [3.63, 3.8) is 0 Å². The van der Waals surface area contributed by atoms with Crippen LogP contribution < -0.4 is 4.74 Å². The first kappa shape index (κ1) is 12.1. The van der Waals surface area contributed by atoms with Crippen LogP contribution in [0.15, 0.2) is 36.4 Å². The van der Waals surface area contributed by atoms with Gasteiger partial charge in [0.2, 0.25) is 0 Å². The number of methoxy groups -OCH3 is 1. The molecule has 2 aromatic carbocycles. The number of hydrogen-bond acceptors (Lipinski definition) is 2. The van der Waals surface area contributed by atoms with Crippen molar-refractivity contribution in [1.29, 1.82) is 0 Å². The molecule has 0 fully saturated rings. The van der Waals surface area contributed by atoms with Crippen molar-refractivity contribution < 1.29 is 9.84 Å². The number of rotatable bonds is 2. The van der Waals surface area contributed by atoms with E-state index in [1.807, 2.05) is 0 Å². The van der Waals surface area contributed by atoms with Crippen molar-refractivity contribution in [2.24, 2.45) is 0 Å². The van der Waals surface area contributed by atoms with Gasteiger partial charge < -0.3 is 9.84 Å². The molecule has 0 amide bonds. The molecule has 2 rings (SSSR count). The monoisotopic (exact) mass is 268 g/mol. The van der Waals surface area contributed by atoms with E-state index in [-0.39, 0.29) is 5.75 Å². The van der Waals surface area contributed by atoms with Gasteiger partial charge in [-0.3, -0.25) is 0 Å². The van der Waals surface area contributed by atoms with E-state index in [9.17, 15) is 5.11 Å². The molecule has 0 aliphatic heterocycles. The Kier molecular flexibility index (Phi) is 3.46. The summed E-state index contributed by atoms with van der Waals surface area (Å²) in [5.74, 6) is 0.841. The summed E-state index contributed by atoms with van der Waals surface area (Å²) in [5.41, 5.74) is 1.44. The van der Waals surface area contributed by atoms with E-state index in [0.717, 1.165) is 5.56 Å². The zero-order chi connectivity index (χ0) is 12.4. The molecule has 0 spiro atoms. The van der Waals surface area contributed by atoms with Gasteiger partial charge in [-0.15, -0.1) is 0 Å². The Morgan fingerprint density at radius 1 is 1.00 bits per heavy atom. The Morgan fingerprint density at radius 2 is 1.76 bits per heavy atom. The third-order valence-electron chi connectivity index (χ3n) is 2.43. The lowest BCUT2D eigenvalue weighted by atomic mass is 10.0. The normalized spacial score (nSPS) is 10.3. The quantitative estimate of drug-likeness (QED) is 0.876. The molecule has 1 N–H and O–H groups in total. The van der Waals surface area contributed by atoms with Gasteiger partial charge in [0.15, 0.2) is 0 Å². The highest BCUT2D eigenvalue weighted by Crippen LogP contribution is 2.35. The Balaban J connectivity index is 2.55. The molecule has 0 saturated heterocycles. The summed E-state index contributed by atoms with van der Waals surface area (Å²) in [5, 5.41) is 10.7. The Bertz CT molecular complexity index is 553. The zero-order valence-corrected chi connectivity index (χ0v) is 10.6. The lowest BCUT2D eigenvalue weighted by molar-refractivity contribution is 0.412. The molecule has 0 aromatic heterocycles. The van der Waals surface area contributed by atoms with Crippen LogP contribution in [0.3, 0.4) is 0 Å². The van der Waals surface area contributed by atoms with Gasteiger partial charge in [0.05, 0.1) is 17.2 Å². The van der Waals surface area contributed by atoms with E-state index >= 15 is 0 Å². The minimum absolute atomic E-state index is 0.171. The minimum Gasteiger partial charge on any atom is -0.507 e. The first-order chi connectivity index (χ1) is 8.11. The second-order valence-electron chi connectivity index (χ2n) is 3.51. The predicted molar refractivity (Wildman–Crippen MR) is 70.1 cm³/mol. The van der Waals surface area contributed by atoms with Gasteiger partial charge in [-0.25, -0.2) is 0 Å². The van der Waals surface area contributed by atoms with Gasteiger partial charge in [-0.05, 0) is 35.9 Å². The van der Waals surface area contributed by atoms with E-state index in [1.165, 1.54) is 0 Å². The average molecular weight is 269 g/mol. The van der Waals surface area contributed by atoms with Crippen molar-refractivity contribution in [1.82, 2.24) is 0 Å². The summed E-state index contributed by atoms with van der Waals surface area (Å²) < 4.78 is 5.12. The number of aromatic hydroxyl groups is 1. The summed E-state index contributed by atoms with van der Waals surface area (Å²) >= 11 is 11.8. The minimum atomic E-state index is 0.171. The summed E-state index contributed by atoms with van der Waals surface area (Å²) in [6.07, 6.45) is 0. The molecule has 0 heterocycles. The van der Waals surface area contributed by atoms with Crippen molar-refractivity contribution >= 4 is 23.2 Å². The molecule has 0 bridgehead atoms. The third-order valence-corrected chi connectivity index (χ3v) is 3.17. The molecular formula is C13H10Cl2O2. The smallest absolute Gasteiger partial charge is 0.123 e. The van der Waals surface area contributed by atoms with Crippen molar-refractivity contribution in [3.05, 3.63) is 46.4 Å². The van der Waals surface area contributed by atoms with Gasteiger partial charge in [-0.1, -0.05) is 29.3 Å². The molecule has 2 nitrogen and oxygen atoms in total. The van der Waals surface area contributed by atoms with Gasteiger partial charge in [0, 0.05) is 5.56 Å². The number of ether oxygens (including phenoxy) is 1. The van der Waals surface area contributed by atoms with Crippen LogP contribution in [0.1, 0.15) is 0 Å². The van der Waals surface area contributed by atoms with Crippen LogP contribution in [0.25, 0.3) is 11.1 Å². The van der Waals surface area contributed by atoms with Gasteiger partial charge in [0.1, 0.15) is 11.5 Å². The van der Waals surface area contributed by atoms with Gasteiger partial charge in [0.25, 0.3) is 0 Å². The largest absolute Gasteiger partial charge is 0.507 e. The molecule has 0 atom stereocenters. The van der Waals surface area contributed by atoms with Gasteiger partial charge in [-0.2, -0.15) is 0 Å². The maximum Gasteiger partial charge on any atom is 0.123 e. The molecule has 0 unspecified atom stereocenters. The number of hydrogen-bond donors (Lipinski definition) is 1. The number of halogens is 2. The lowest BCUT2D eigenvalue weighted by Gasteiger charge is -2.08. The van der Waals surface area contributed by atoms with E-state index in [1.54, 1.807) is 43.5 Å². The summed E-state index contributed by atoms with van der Waals surface area (Å²) in [6, 6.07) is 10.2. The average Bonchev–Trinajstić information content (AvgIpc) is 2.33. The highest BCUT2D eigenvalue weighted by atomic mass is 35.5. The number of phenols is 1. The van der Waals surface area contributed by atoms with E-state index in [4.69, 9.17) is 27.9 Å². The fourth-order valence-electron chi connectivity index (χ4n) is 1.54. The fraction of sp³-hybridized carbons (Fsp3) is 0.0769. The third kappa shape index (κ3) is 2.48. The summed E-state index contributed by atoms with van der Waals surface area (Å²) in [6.45, 7) is 0. The van der Waals surface area contributed by atoms with Crippen LogP contribution in [-0.4, -0.2) is 12.2 Å². The first-order valence-corrected chi connectivity index (χ1v) is 5.70. The maximum atomic E-state index is 9.81. The SMILES string of the molecule is COc1ccc(O)c(-c2ccc(Cl)c(Cl)c2)c1. The van der Waals surface area contributed by atoms with Crippen molar-refractivity contribution in [3.8, 4) is 22.6 Å². The molecule has 88 valence electrons. The fourth-order valence-corrected chi connectivity index (χ4v) is 1.84. The van der Waals surface area contributed by atoms with Crippen LogP contribution in [0.2, 0.25) is 10.0 Å². The standard InChI is InChI=1S/C13H10Cl2O2/c1-17-9-3-5-13(16)10(7-9)8-2-4-11(14)12(15)6-8/h2-7,16H,1H3. The summed E-state index contributed by atoms with van der Waals surface area (Å²) in [4.78, 5) is 0. The Labute approximate surface area is 109 Å². The molecule has 0 radical (unpaired) electrons. The van der Waals surface area contributed by atoms with Crippen LogP contribution in [0.5, 0.6) is 11.5 Å². The molecule has 4 heteroatoms. The Hall–Kier alpha value is -1.38. The lowest BCUT2D eigenvalue weighted by Crippen LogP contribution is -1.85. The van der Waals surface area contributed by atoms with Crippen LogP contribution in [-0.2, 0) is 0 Å². The second-order valence-corrected chi connectivity index (χ2v) is 4.33. The van der Waals surface area contributed by atoms with Crippen LogP contribution >= 0.6 is 23.2 Å². The van der Waals surface area contributed by atoms with Crippen molar-refractivity contribution in [2.45, 2.75) is 0 Å². The van der Waals surface area contributed by atoms with E-state index in [2.05, 4.69) is 0 Å². The molecule has 0 aliphatic carbocycles. The van der Waals surface area contributed by atoms with Crippen LogP contribution in [0.4, 0.5) is 0 Å².